The number of para-hydroxylation sites is 2. The van der Waals surface area contributed by atoms with Gasteiger partial charge in [0.1, 0.15) is 12.7 Å². The third kappa shape index (κ3) is 4.26. The Kier molecular flexibility index (Phi) is 4.90. The lowest BCUT2D eigenvalue weighted by atomic mass is 10.2. The van der Waals surface area contributed by atoms with Crippen LogP contribution in [0.15, 0.2) is 24.3 Å². The van der Waals surface area contributed by atoms with E-state index in [0.717, 1.165) is 0 Å². The molecule has 0 aliphatic carbocycles. The van der Waals surface area contributed by atoms with Gasteiger partial charge in [0, 0.05) is 5.88 Å². The van der Waals surface area contributed by atoms with Crippen molar-refractivity contribution in [2.75, 3.05) is 24.8 Å². The maximum absolute atomic E-state index is 11.6. The smallest absolute Gasteiger partial charge is 0.211 e. The van der Waals surface area contributed by atoms with Gasteiger partial charge in [-0.15, -0.1) is 11.6 Å². The number of hydrogen-bond donors (Lipinski definition) is 1. The second kappa shape index (κ2) is 6.45. The quantitative estimate of drug-likeness (QED) is 0.806. The second-order valence-electron chi connectivity index (χ2n) is 4.21. The summed E-state index contributed by atoms with van der Waals surface area (Å²) in [5.74, 6) is 1.68. The maximum atomic E-state index is 11.6. The number of benzene rings is 1. The molecule has 1 N–H and O–H groups in total. The predicted octanol–water partition coefficient (Wildman–Crippen LogP) is 1.37. The van der Waals surface area contributed by atoms with Crippen molar-refractivity contribution in [3.05, 3.63) is 24.3 Å². The van der Waals surface area contributed by atoms with E-state index >= 15 is 0 Å². The van der Waals surface area contributed by atoms with E-state index < -0.39 is 10.0 Å². The van der Waals surface area contributed by atoms with Crippen LogP contribution in [-0.4, -0.2) is 39.3 Å². The monoisotopic (exact) mass is 305 g/mol. The van der Waals surface area contributed by atoms with Gasteiger partial charge in [0.25, 0.3) is 0 Å². The SMILES string of the molecule is O=S(=O)(CCCCl)NCC1COc2ccccc2O1. The second-order valence-corrected chi connectivity index (χ2v) is 6.51. The summed E-state index contributed by atoms with van der Waals surface area (Å²) >= 11 is 5.48. The van der Waals surface area contributed by atoms with Crippen LogP contribution in [0.3, 0.4) is 0 Å². The fourth-order valence-electron chi connectivity index (χ4n) is 1.70. The number of alkyl halides is 1. The first-order valence-corrected chi connectivity index (χ1v) is 8.21. The van der Waals surface area contributed by atoms with Crippen LogP contribution in [-0.2, 0) is 10.0 Å². The lowest BCUT2D eigenvalue weighted by molar-refractivity contribution is 0.0943. The van der Waals surface area contributed by atoms with Crippen molar-refractivity contribution >= 4 is 21.6 Å². The highest BCUT2D eigenvalue weighted by Gasteiger charge is 2.22. The summed E-state index contributed by atoms with van der Waals surface area (Å²) < 4.78 is 36.9. The minimum atomic E-state index is -3.29. The summed E-state index contributed by atoms with van der Waals surface area (Å²) in [6.07, 6.45) is 0.113. The van der Waals surface area contributed by atoms with Gasteiger partial charge in [0.05, 0.1) is 12.3 Å². The van der Waals surface area contributed by atoms with E-state index in [9.17, 15) is 8.42 Å². The van der Waals surface area contributed by atoms with Gasteiger partial charge in [-0.3, -0.25) is 0 Å². The van der Waals surface area contributed by atoms with Gasteiger partial charge in [-0.25, -0.2) is 13.1 Å². The lowest BCUT2D eigenvalue weighted by Gasteiger charge is -2.26. The molecule has 0 fully saturated rings. The molecule has 0 aromatic heterocycles. The minimum Gasteiger partial charge on any atom is -0.486 e. The molecule has 0 spiro atoms. The average Bonchev–Trinajstić information content (AvgIpc) is 2.43. The lowest BCUT2D eigenvalue weighted by Crippen LogP contribution is -2.41. The maximum Gasteiger partial charge on any atom is 0.211 e. The average molecular weight is 306 g/mol. The molecule has 0 radical (unpaired) electrons. The topological polar surface area (TPSA) is 64.6 Å². The largest absolute Gasteiger partial charge is 0.486 e. The molecule has 1 atom stereocenters. The highest BCUT2D eigenvalue weighted by atomic mass is 35.5. The molecule has 0 saturated heterocycles. The molecule has 1 unspecified atom stereocenters. The molecular weight excluding hydrogens is 290 g/mol. The minimum absolute atomic E-state index is 0.0284. The van der Waals surface area contributed by atoms with Gasteiger partial charge in [-0.1, -0.05) is 12.1 Å². The summed E-state index contributed by atoms with van der Waals surface area (Å²) in [5, 5.41) is 0. The number of nitrogens with one attached hydrogen (secondary N) is 1. The Morgan fingerprint density at radius 1 is 1.32 bits per heavy atom. The van der Waals surface area contributed by atoms with Crippen LogP contribution in [0.4, 0.5) is 0 Å². The van der Waals surface area contributed by atoms with E-state index in [4.69, 9.17) is 21.1 Å². The molecule has 0 bridgehead atoms. The van der Waals surface area contributed by atoms with Crippen molar-refractivity contribution in [3.8, 4) is 11.5 Å². The molecule has 1 aliphatic rings. The molecular formula is C12H16ClNO4S. The van der Waals surface area contributed by atoms with Gasteiger partial charge in [-0.2, -0.15) is 0 Å². The predicted molar refractivity (Wildman–Crippen MR) is 73.5 cm³/mol. The first-order chi connectivity index (χ1) is 9.11. The molecule has 1 aromatic carbocycles. The van der Waals surface area contributed by atoms with Crippen molar-refractivity contribution in [2.24, 2.45) is 0 Å². The number of halogens is 1. The Morgan fingerprint density at radius 2 is 2.05 bits per heavy atom. The summed E-state index contributed by atoms with van der Waals surface area (Å²) in [5.41, 5.74) is 0. The van der Waals surface area contributed by atoms with E-state index in [1.54, 1.807) is 6.07 Å². The van der Waals surface area contributed by atoms with Crippen LogP contribution in [0.25, 0.3) is 0 Å². The normalized spacial score (nSPS) is 18.3. The Morgan fingerprint density at radius 3 is 2.79 bits per heavy atom. The van der Waals surface area contributed by atoms with Crippen LogP contribution in [0, 0.1) is 0 Å². The molecule has 5 nitrogen and oxygen atoms in total. The summed E-state index contributed by atoms with van der Waals surface area (Å²) in [7, 11) is -3.29. The number of fused-ring (bicyclic) bond motifs is 1. The molecule has 1 aliphatic heterocycles. The molecule has 0 saturated carbocycles. The Balaban J connectivity index is 1.86. The zero-order valence-electron chi connectivity index (χ0n) is 10.3. The number of ether oxygens (including phenoxy) is 2. The van der Waals surface area contributed by atoms with E-state index in [1.807, 2.05) is 18.2 Å². The van der Waals surface area contributed by atoms with Gasteiger partial charge in [0.2, 0.25) is 10.0 Å². The van der Waals surface area contributed by atoms with E-state index in [1.165, 1.54) is 0 Å². The van der Waals surface area contributed by atoms with Crippen LogP contribution in [0.5, 0.6) is 11.5 Å². The summed E-state index contributed by atoms with van der Waals surface area (Å²) in [6, 6.07) is 7.31. The number of sulfonamides is 1. The molecule has 1 heterocycles. The van der Waals surface area contributed by atoms with Gasteiger partial charge in [0.15, 0.2) is 11.5 Å². The Bertz CT molecular complexity index is 520. The Hall–Kier alpha value is -0.980. The zero-order valence-corrected chi connectivity index (χ0v) is 11.9. The fraction of sp³-hybridized carbons (Fsp3) is 0.500. The highest BCUT2D eigenvalue weighted by molar-refractivity contribution is 7.89. The molecule has 1 aromatic rings. The van der Waals surface area contributed by atoms with Crippen LogP contribution in [0.1, 0.15) is 6.42 Å². The number of hydrogen-bond acceptors (Lipinski definition) is 4. The fourth-order valence-corrected chi connectivity index (χ4v) is 3.10. The molecule has 0 amide bonds. The van der Waals surface area contributed by atoms with Crippen LogP contribution in [0.2, 0.25) is 0 Å². The van der Waals surface area contributed by atoms with Crippen molar-refractivity contribution in [2.45, 2.75) is 12.5 Å². The standard InChI is InChI=1S/C12H16ClNO4S/c13-6-3-7-19(15,16)14-8-10-9-17-11-4-1-2-5-12(11)18-10/h1-2,4-5,10,14H,3,6-9H2. The van der Waals surface area contributed by atoms with E-state index in [2.05, 4.69) is 4.72 Å². The van der Waals surface area contributed by atoms with Gasteiger partial charge in [-0.05, 0) is 18.6 Å². The molecule has 106 valence electrons. The van der Waals surface area contributed by atoms with Gasteiger partial charge >= 0.3 is 0 Å². The van der Waals surface area contributed by atoms with E-state index in [-0.39, 0.29) is 18.4 Å². The first-order valence-electron chi connectivity index (χ1n) is 6.02. The molecule has 7 heteroatoms. The first kappa shape index (κ1) is 14.4. The zero-order chi connectivity index (χ0) is 13.7. The van der Waals surface area contributed by atoms with Crippen molar-refractivity contribution < 1.29 is 17.9 Å². The van der Waals surface area contributed by atoms with E-state index in [0.29, 0.717) is 30.4 Å². The van der Waals surface area contributed by atoms with Crippen molar-refractivity contribution in [1.82, 2.24) is 4.72 Å². The van der Waals surface area contributed by atoms with Crippen molar-refractivity contribution in [3.63, 3.8) is 0 Å². The summed E-state index contributed by atoms with van der Waals surface area (Å²) in [4.78, 5) is 0. The summed E-state index contributed by atoms with van der Waals surface area (Å²) in [6.45, 7) is 0.522. The van der Waals surface area contributed by atoms with Crippen LogP contribution < -0.4 is 14.2 Å². The third-order valence-corrected chi connectivity index (χ3v) is 4.35. The highest BCUT2D eigenvalue weighted by Crippen LogP contribution is 2.30. The molecule has 19 heavy (non-hydrogen) atoms. The van der Waals surface area contributed by atoms with Gasteiger partial charge < -0.3 is 9.47 Å². The van der Waals surface area contributed by atoms with Crippen molar-refractivity contribution in [1.29, 1.82) is 0 Å². The third-order valence-electron chi connectivity index (χ3n) is 2.65. The number of rotatable bonds is 6. The Labute approximate surface area is 117 Å². The van der Waals surface area contributed by atoms with Crippen LogP contribution >= 0.6 is 11.6 Å². The molecule has 2 rings (SSSR count).